The standard InChI is InChI=1S/C51H40O2.CH4/c1-5-34-25-26-42-37(33(34)3)27-28-48-49(42)43(31-51(53-48)46-23-12-8-19-40(46)41-20-9-13-24-47(41)51)36-16-14-15-35(29-36)32(2)30-50(52-4)44-21-10-6-17-38(44)39-18-7-11-22-45(39)50;/h6-31H,5H2,1-4H3;1H4/b32-30+;. The lowest BCUT2D eigenvalue weighted by Gasteiger charge is -2.36. The highest BCUT2D eigenvalue weighted by atomic mass is 16.5. The molecule has 2 heteroatoms. The topological polar surface area (TPSA) is 18.5 Å². The maximum absolute atomic E-state index is 7.35. The van der Waals surface area contributed by atoms with Crippen LogP contribution in [0.5, 0.6) is 5.75 Å². The Bertz CT molecular complexity index is 2620. The second kappa shape index (κ2) is 12.6. The molecule has 0 radical (unpaired) electrons. The van der Waals surface area contributed by atoms with Crippen LogP contribution in [0.3, 0.4) is 0 Å². The molecule has 3 aliphatic rings. The molecule has 0 fully saturated rings. The summed E-state index contributed by atoms with van der Waals surface area (Å²) < 4.78 is 13.9. The van der Waals surface area contributed by atoms with Crippen molar-refractivity contribution in [3.63, 3.8) is 0 Å². The smallest absolute Gasteiger partial charge is 0.179 e. The first-order chi connectivity index (χ1) is 26.0. The third kappa shape index (κ3) is 4.63. The fourth-order valence-electron chi connectivity index (χ4n) is 9.51. The second-order valence-corrected chi connectivity index (χ2v) is 14.7. The van der Waals surface area contributed by atoms with Crippen molar-refractivity contribution < 1.29 is 9.47 Å². The van der Waals surface area contributed by atoms with E-state index in [1.165, 1.54) is 72.0 Å². The first kappa shape index (κ1) is 33.8. The van der Waals surface area contributed by atoms with Gasteiger partial charge in [-0.25, -0.2) is 0 Å². The van der Waals surface area contributed by atoms with E-state index in [1.807, 2.05) is 7.11 Å². The van der Waals surface area contributed by atoms with Gasteiger partial charge in [0.25, 0.3) is 0 Å². The maximum atomic E-state index is 7.35. The predicted molar refractivity (Wildman–Crippen MR) is 225 cm³/mol. The molecule has 0 aromatic heterocycles. The van der Waals surface area contributed by atoms with Crippen molar-refractivity contribution in [2.45, 2.75) is 45.8 Å². The highest BCUT2D eigenvalue weighted by Crippen LogP contribution is 2.56. The van der Waals surface area contributed by atoms with Crippen molar-refractivity contribution in [1.29, 1.82) is 0 Å². The van der Waals surface area contributed by atoms with E-state index in [0.717, 1.165) is 34.4 Å². The van der Waals surface area contributed by atoms with Gasteiger partial charge in [-0.05, 0) is 111 Å². The minimum Gasteiger partial charge on any atom is -0.473 e. The lowest BCUT2D eigenvalue weighted by atomic mass is 9.80. The van der Waals surface area contributed by atoms with Crippen molar-refractivity contribution in [2.24, 2.45) is 0 Å². The van der Waals surface area contributed by atoms with E-state index in [1.54, 1.807) is 0 Å². The van der Waals surface area contributed by atoms with Crippen molar-refractivity contribution in [1.82, 2.24) is 0 Å². The third-order valence-electron chi connectivity index (χ3n) is 12.1. The number of methoxy groups -OCH3 is 1. The molecule has 0 unspecified atom stereocenters. The van der Waals surface area contributed by atoms with Gasteiger partial charge in [-0.3, -0.25) is 0 Å². The summed E-state index contributed by atoms with van der Waals surface area (Å²) in [6, 6.07) is 52.8. The summed E-state index contributed by atoms with van der Waals surface area (Å²) in [6.07, 6.45) is 5.72. The lowest BCUT2D eigenvalue weighted by molar-refractivity contribution is 0.0698. The Morgan fingerprint density at radius 1 is 0.648 bits per heavy atom. The summed E-state index contributed by atoms with van der Waals surface area (Å²) in [5, 5.41) is 2.49. The number of benzene rings is 7. The molecule has 0 atom stereocenters. The van der Waals surface area contributed by atoms with Gasteiger partial charge >= 0.3 is 0 Å². The molecule has 1 aliphatic heterocycles. The van der Waals surface area contributed by atoms with Crippen LogP contribution in [0, 0.1) is 6.92 Å². The largest absolute Gasteiger partial charge is 0.473 e. The molecular formula is C52H44O2. The van der Waals surface area contributed by atoms with Gasteiger partial charge in [0.1, 0.15) is 11.4 Å². The van der Waals surface area contributed by atoms with Gasteiger partial charge in [-0.15, -0.1) is 0 Å². The number of allylic oxidation sites excluding steroid dienone is 1. The number of hydrogen-bond donors (Lipinski definition) is 0. The van der Waals surface area contributed by atoms with E-state index in [2.05, 4.69) is 179 Å². The van der Waals surface area contributed by atoms with E-state index < -0.39 is 11.2 Å². The number of ether oxygens (including phenoxy) is 2. The SMILES string of the molecule is C.CCc1ccc2c3c(ccc2c1C)OC1(C=C3c2cccc(/C(C)=C/C3(OC)c4ccccc4-c4ccccc43)c2)c2ccccc2-c2ccccc21. The first-order valence-electron chi connectivity index (χ1n) is 18.7. The molecule has 7 aromatic carbocycles. The Kier molecular flexibility index (Phi) is 7.88. The number of fused-ring (bicyclic) bond motifs is 11. The minimum absolute atomic E-state index is 0. The fourth-order valence-corrected chi connectivity index (χ4v) is 9.51. The average Bonchev–Trinajstić information content (AvgIpc) is 3.64. The molecule has 10 rings (SSSR count). The summed E-state index contributed by atoms with van der Waals surface area (Å²) in [7, 11) is 1.83. The minimum atomic E-state index is -0.764. The van der Waals surface area contributed by atoms with Gasteiger partial charge in [0, 0.05) is 34.9 Å². The van der Waals surface area contributed by atoms with E-state index in [9.17, 15) is 0 Å². The molecule has 54 heavy (non-hydrogen) atoms. The molecule has 1 heterocycles. The highest BCUT2D eigenvalue weighted by molar-refractivity contribution is 6.04. The molecule has 0 amide bonds. The Labute approximate surface area is 319 Å². The number of rotatable bonds is 5. The molecule has 2 nitrogen and oxygen atoms in total. The van der Waals surface area contributed by atoms with Crippen molar-refractivity contribution in [3.8, 4) is 28.0 Å². The van der Waals surface area contributed by atoms with E-state index in [4.69, 9.17) is 9.47 Å². The quantitative estimate of drug-likeness (QED) is 0.178. The Hall–Kier alpha value is -5.96. The average molecular weight is 701 g/mol. The summed E-state index contributed by atoms with van der Waals surface area (Å²) in [4.78, 5) is 0. The highest BCUT2D eigenvalue weighted by Gasteiger charge is 2.47. The van der Waals surface area contributed by atoms with Crippen LogP contribution < -0.4 is 4.74 Å². The molecule has 0 N–H and O–H groups in total. The Balaban J connectivity index is 0.00000384. The Morgan fingerprint density at radius 3 is 1.80 bits per heavy atom. The summed E-state index contributed by atoms with van der Waals surface area (Å²) in [5.41, 5.74) is 16.6. The number of hydrogen-bond acceptors (Lipinski definition) is 2. The van der Waals surface area contributed by atoms with Crippen molar-refractivity contribution in [3.05, 3.63) is 208 Å². The van der Waals surface area contributed by atoms with E-state index in [0.29, 0.717) is 0 Å². The van der Waals surface area contributed by atoms with Gasteiger partial charge in [-0.2, -0.15) is 0 Å². The van der Waals surface area contributed by atoms with Crippen LogP contribution in [-0.4, -0.2) is 7.11 Å². The van der Waals surface area contributed by atoms with Gasteiger partial charge in [0.15, 0.2) is 5.60 Å². The molecular weight excluding hydrogens is 657 g/mol. The van der Waals surface area contributed by atoms with Crippen molar-refractivity contribution in [2.75, 3.05) is 7.11 Å². The molecule has 264 valence electrons. The van der Waals surface area contributed by atoms with Crippen LogP contribution in [0.2, 0.25) is 0 Å². The van der Waals surface area contributed by atoms with Gasteiger partial charge in [-0.1, -0.05) is 148 Å². The third-order valence-corrected chi connectivity index (χ3v) is 12.1. The summed E-state index contributed by atoms with van der Waals surface area (Å²) in [5.74, 6) is 0.903. The van der Waals surface area contributed by atoms with E-state index >= 15 is 0 Å². The van der Waals surface area contributed by atoms with E-state index in [-0.39, 0.29) is 7.43 Å². The van der Waals surface area contributed by atoms with Crippen LogP contribution >= 0.6 is 0 Å². The van der Waals surface area contributed by atoms with Crippen LogP contribution in [0.1, 0.15) is 71.3 Å². The maximum Gasteiger partial charge on any atom is 0.179 e. The molecule has 7 aromatic rings. The number of aryl methyl sites for hydroxylation is 2. The van der Waals surface area contributed by atoms with Crippen LogP contribution in [-0.2, 0) is 22.4 Å². The molecule has 0 saturated carbocycles. The van der Waals surface area contributed by atoms with Gasteiger partial charge in [0.2, 0.25) is 0 Å². The first-order valence-corrected chi connectivity index (χ1v) is 18.7. The zero-order chi connectivity index (χ0) is 35.9. The van der Waals surface area contributed by atoms with Crippen molar-refractivity contribution >= 4 is 21.9 Å². The lowest BCUT2D eigenvalue weighted by Crippen LogP contribution is -2.33. The van der Waals surface area contributed by atoms with Crippen LogP contribution in [0.4, 0.5) is 0 Å². The molecule has 1 spiro atoms. The van der Waals surface area contributed by atoms with Gasteiger partial charge in [0.05, 0.1) is 0 Å². The summed E-state index contributed by atoms with van der Waals surface area (Å²) >= 11 is 0. The zero-order valence-corrected chi connectivity index (χ0v) is 30.5. The van der Waals surface area contributed by atoms with Gasteiger partial charge < -0.3 is 9.47 Å². The monoisotopic (exact) mass is 700 g/mol. The molecule has 2 aliphatic carbocycles. The molecule has 0 saturated heterocycles. The summed E-state index contributed by atoms with van der Waals surface area (Å²) in [6.45, 7) is 6.70. The van der Waals surface area contributed by atoms with Crippen LogP contribution in [0.25, 0.3) is 44.2 Å². The predicted octanol–water partition coefficient (Wildman–Crippen LogP) is 13.1. The molecule has 0 bridgehead atoms. The zero-order valence-electron chi connectivity index (χ0n) is 30.5. The Morgan fingerprint density at radius 2 is 1.20 bits per heavy atom. The fraction of sp³-hybridized carbons (Fsp3) is 0.154. The van der Waals surface area contributed by atoms with Crippen LogP contribution in [0.15, 0.2) is 158 Å². The second-order valence-electron chi connectivity index (χ2n) is 14.7. The normalized spacial score (nSPS) is 15.3.